The first kappa shape index (κ1) is 24.1. The molecule has 0 saturated heterocycles. The number of aryl methyl sites for hydroxylation is 1. The predicted molar refractivity (Wildman–Crippen MR) is 125 cm³/mol. The van der Waals surface area contributed by atoms with Gasteiger partial charge in [-0.25, -0.2) is 23.4 Å². The third kappa shape index (κ3) is 7.25. The molecule has 0 unspecified atom stereocenters. The van der Waals surface area contributed by atoms with Gasteiger partial charge >= 0.3 is 5.97 Å². The summed E-state index contributed by atoms with van der Waals surface area (Å²) >= 11 is 5.74. The fourth-order valence-corrected chi connectivity index (χ4v) is 3.66. The number of nitrogens with one attached hydrogen (secondary N) is 2. The first-order valence-corrected chi connectivity index (χ1v) is 11.5. The van der Waals surface area contributed by atoms with Crippen LogP contribution in [0.5, 0.6) is 5.75 Å². The van der Waals surface area contributed by atoms with Crippen LogP contribution >= 0.6 is 11.6 Å². The van der Waals surface area contributed by atoms with Crippen molar-refractivity contribution in [1.29, 1.82) is 0 Å². The minimum atomic E-state index is -3.85. The van der Waals surface area contributed by atoms with Crippen molar-refractivity contribution in [3.05, 3.63) is 94.5 Å². The Bertz CT molecular complexity index is 1260. The van der Waals surface area contributed by atoms with Gasteiger partial charge in [0.25, 0.3) is 5.91 Å². The number of nitrogens with zero attached hydrogens (tertiary/aromatic N) is 1. The van der Waals surface area contributed by atoms with Gasteiger partial charge < -0.3 is 4.74 Å². The molecule has 3 rings (SSSR count). The summed E-state index contributed by atoms with van der Waals surface area (Å²) in [7, 11) is -3.85. The number of sulfonamides is 1. The van der Waals surface area contributed by atoms with Gasteiger partial charge in [-0.15, -0.1) is 0 Å². The van der Waals surface area contributed by atoms with Crippen LogP contribution in [0.1, 0.15) is 21.5 Å². The highest BCUT2D eigenvalue weighted by Gasteiger charge is 2.15. The average molecular weight is 486 g/mol. The smallest absolute Gasteiger partial charge is 0.343 e. The van der Waals surface area contributed by atoms with E-state index in [0.29, 0.717) is 21.9 Å². The van der Waals surface area contributed by atoms with E-state index in [1.165, 1.54) is 30.5 Å². The Kier molecular flexibility index (Phi) is 7.94. The van der Waals surface area contributed by atoms with Crippen molar-refractivity contribution in [3.8, 4) is 5.75 Å². The molecule has 1 amide bonds. The van der Waals surface area contributed by atoms with Crippen molar-refractivity contribution in [3.63, 3.8) is 0 Å². The molecule has 0 heterocycles. The highest BCUT2D eigenvalue weighted by molar-refractivity contribution is 7.89. The van der Waals surface area contributed by atoms with Gasteiger partial charge in [-0.2, -0.15) is 5.10 Å². The van der Waals surface area contributed by atoms with Crippen molar-refractivity contribution >= 4 is 39.7 Å². The second kappa shape index (κ2) is 10.9. The van der Waals surface area contributed by atoms with Crippen LogP contribution in [0.15, 0.2) is 82.8 Å². The molecule has 0 radical (unpaired) electrons. The molecule has 3 aromatic rings. The van der Waals surface area contributed by atoms with E-state index in [2.05, 4.69) is 15.2 Å². The minimum Gasteiger partial charge on any atom is -0.423 e. The van der Waals surface area contributed by atoms with Gasteiger partial charge in [0.05, 0.1) is 23.2 Å². The number of hydrogen-bond donors (Lipinski definition) is 2. The summed E-state index contributed by atoms with van der Waals surface area (Å²) < 4.78 is 31.8. The van der Waals surface area contributed by atoms with Crippen LogP contribution in [0.4, 0.5) is 0 Å². The van der Waals surface area contributed by atoms with Crippen molar-refractivity contribution < 1.29 is 22.7 Å². The molecule has 2 N–H and O–H groups in total. The number of amides is 1. The largest absolute Gasteiger partial charge is 0.423 e. The lowest BCUT2D eigenvalue weighted by molar-refractivity contribution is -0.119. The van der Waals surface area contributed by atoms with Crippen molar-refractivity contribution in [2.24, 2.45) is 5.10 Å². The van der Waals surface area contributed by atoms with E-state index in [1.54, 1.807) is 36.4 Å². The maximum absolute atomic E-state index is 12.1. The summed E-state index contributed by atoms with van der Waals surface area (Å²) in [6.07, 6.45) is 1.37. The second-order valence-electron chi connectivity index (χ2n) is 6.90. The molecule has 0 aliphatic heterocycles. The van der Waals surface area contributed by atoms with Crippen molar-refractivity contribution in [2.45, 2.75) is 11.8 Å². The summed E-state index contributed by atoms with van der Waals surface area (Å²) in [6, 6.07) is 19.1. The first-order valence-electron chi connectivity index (χ1n) is 9.69. The number of hydrazone groups is 1. The van der Waals surface area contributed by atoms with Gasteiger partial charge in [-0.3, -0.25) is 4.79 Å². The fraction of sp³-hybridized carbons (Fsp3) is 0.0870. The lowest BCUT2D eigenvalue weighted by Crippen LogP contribution is -2.34. The number of carbonyl (C=O) groups excluding carboxylic acids is 2. The van der Waals surface area contributed by atoms with Gasteiger partial charge in [0.15, 0.2) is 0 Å². The fourth-order valence-electron chi connectivity index (χ4n) is 2.55. The van der Waals surface area contributed by atoms with Gasteiger partial charge in [-0.1, -0.05) is 29.3 Å². The van der Waals surface area contributed by atoms with E-state index in [4.69, 9.17) is 16.3 Å². The van der Waals surface area contributed by atoms with Crippen LogP contribution in [-0.4, -0.2) is 33.1 Å². The molecule has 0 aromatic heterocycles. The summed E-state index contributed by atoms with van der Waals surface area (Å²) in [5.74, 6) is -0.754. The van der Waals surface area contributed by atoms with E-state index >= 15 is 0 Å². The van der Waals surface area contributed by atoms with Crippen LogP contribution < -0.4 is 14.9 Å². The Labute approximate surface area is 196 Å². The highest BCUT2D eigenvalue weighted by atomic mass is 35.5. The Morgan fingerprint density at radius 1 is 0.970 bits per heavy atom. The third-order valence-electron chi connectivity index (χ3n) is 4.33. The van der Waals surface area contributed by atoms with Crippen LogP contribution in [0.2, 0.25) is 5.02 Å². The summed E-state index contributed by atoms with van der Waals surface area (Å²) in [5, 5.41) is 4.19. The highest BCUT2D eigenvalue weighted by Crippen LogP contribution is 2.15. The zero-order valence-corrected chi connectivity index (χ0v) is 19.1. The lowest BCUT2D eigenvalue weighted by Gasteiger charge is -2.06. The Balaban J connectivity index is 1.47. The maximum atomic E-state index is 12.1. The minimum absolute atomic E-state index is 0.00799. The maximum Gasteiger partial charge on any atom is 0.343 e. The van der Waals surface area contributed by atoms with E-state index < -0.39 is 28.4 Å². The number of hydrogen-bond acceptors (Lipinski definition) is 6. The van der Waals surface area contributed by atoms with Gasteiger partial charge in [-0.05, 0) is 73.2 Å². The monoisotopic (exact) mass is 485 g/mol. The van der Waals surface area contributed by atoms with Gasteiger partial charge in [0.2, 0.25) is 10.0 Å². The molecular formula is C23H20ClN3O5S. The van der Waals surface area contributed by atoms with Gasteiger partial charge in [0, 0.05) is 5.02 Å². The summed E-state index contributed by atoms with van der Waals surface area (Å²) in [6.45, 7) is 1.44. The molecule has 0 aliphatic carbocycles. The molecule has 8 nitrogen and oxygen atoms in total. The zero-order valence-electron chi connectivity index (χ0n) is 17.5. The molecule has 0 spiro atoms. The summed E-state index contributed by atoms with van der Waals surface area (Å²) in [4.78, 5) is 24.0. The lowest BCUT2D eigenvalue weighted by atomic mass is 10.1. The molecule has 0 aliphatic rings. The molecule has 0 saturated carbocycles. The second-order valence-corrected chi connectivity index (χ2v) is 9.10. The predicted octanol–water partition coefficient (Wildman–Crippen LogP) is 3.30. The molecular weight excluding hydrogens is 466 g/mol. The van der Waals surface area contributed by atoms with E-state index in [9.17, 15) is 18.0 Å². The average Bonchev–Trinajstić information content (AvgIpc) is 2.80. The Hall–Kier alpha value is -3.53. The Morgan fingerprint density at radius 3 is 2.24 bits per heavy atom. The van der Waals surface area contributed by atoms with Crippen molar-refractivity contribution in [2.75, 3.05) is 6.54 Å². The molecule has 0 bridgehead atoms. The first-order chi connectivity index (χ1) is 15.7. The third-order valence-corrected chi connectivity index (χ3v) is 6.00. The van der Waals surface area contributed by atoms with Crippen molar-refractivity contribution in [1.82, 2.24) is 10.1 Å². The molecule has 33 heavy (non-hydrogen) atoms. The van der Waals surface area contributed by atoms with E-state index in [-0.39, 0.29) is 4.90 Å². The normalized spacial score (nSPS) is 11.3. The number of carbonyl (C=O) groups is 2. The molecule has 0 fully saturated rings. The quantitative estimate of drug-likeness (QED) is 0.220. The van der Waals surface area contributed by atoms with Crippen LogP contribution in [0, 0.1) is 6.92 Å². The van der Waals surface area contributed by atoms with Crippen LogP contribution in [-0.2, 0) is 14.8 Å². The number of halogens is 1. The number of esters is 1. The van der Waals surface area contributed by atoms with E-state index in [1.807, 2.05) is 19.1 Å². The molecule has 0 atom stereocenters. The number of ether oxygens (including phenoxy) is 1. The number of benzene rings is 3. The SMILES string of the molecule is Cc1ccc(C(=O)Oc2ccc(/C=N/NC(=O)CNS(=O)(=O)c3ccc(Cl)cc3)cc2)cc1. The zero-order chi connectivity index (χ0) is 23.8. The molecule has 170 valence electrons. The molecule has 3 aromatic carbocycles. The van der Waals surface area contributed by atoms with Crippen LogP contribution in [0.25, 0.3) is 0 Å². The van der Waals surface area contributed by atoms with Crippen LogP contribution in [0.3, 0.4) is 0 Å². The molecule has 10 heteroatoms. The standard InChI is InChI=1S/C23H20ClN3O5S/c1-16-2-6-18(7-3-16)23(29)32-20-10-4-17(5-11-20)14-25-27-22(28)15-26-33(30,31)21-12-8-19(24)9-13-21/h2-14,26H,15H2,1H3,(H,27,28)/b25-14+. The van der Waals surface area contributed by atoms with E-state index in [0.717, 1.165) is 5.56 Å². The number of rotatable bonds is 8. The Morgan fingerprint density at radius 2 is 1.61 bits per heavy atom. The summed E-state index contributed by atoms with van der Waals surface area (Å²) in [5.41, 5.74) is 4.35. The topological polar surface area (TPSA) is 114 Å². The van der Waals surface area contributed by atoms with Gasteiger partial charge in [0.1, 0.15) is 5.75 Å².